The second-order valence-electron chi connectivity index (χ2n) is 7.71. The number of amidine groups is 1. The van der Waals surface area contributed by atoms with E-state index in [-0.39, 0.29) is 19.8 Å². The van der Waals surface area contributed by atoms with Gasteiger partial charge < -0.3 is 10.6 Å². The van der Waals surface area contributed by atoms with Gasteiger partial charge in [-0.1, -0.05) is 17.7 Å². The van der Waals surface area contributed by atoms with Crippen LogP contribution in [-0.4, -0.2) is 47.9 Å². The molecular weight excluding hydrogens is 526 g/mol. The average Bonchev–Trinajstić information content (AvgIpc) is 3.52. The maximum absolute atomic E-state index is 13.2. The molecule has 4 aromatic rings. The third-order valence-corrected chi connectivity index (χ3v) is 8.31. The SMILES string of the molecule is Cc1nc2cc(C3=NCCN3)ccc2c(=O)n1-c1ccc(NC(=O)NS(=O)(=O)c2ccc(Cl)s2)cn1. The van der Waals surface area contributed by atoms with Crippen molar-refractivity contribution in [2.75, 3.05) is 18.4 Å². The highest BCUT2D eigenvalue weighted by molar-refractivity contribution is 7.92. The fourth-order valence-corrected chi connectivity index (χ4v) is 6.06. The molecule has 0 aliphatic carbocycles. The second-order valence-corrected chi connectivity index (χ2v) is 11.3. The summed E-state index contributed by atoms with van der Waals surface area (Å²) in [5.41, 5.74) is 1.34. The Kier molecular flexibility index (Phi) is 6.20. The van der Waals surface area contributed by atoms with Crippen LogP contribution in [0.5, 0.6) is 0 Å². The van der Waals surface area contributed by atoms with Gasteiger partial charge in [-0.3, -0.25) is 9.79 Å². The van der Waals surface area contributed by atoms with Gasteiger partial charge in [-0.05, 0) is 43.3 Å². The van der Waals surface area contributed by atoms with Crippen molar-refractivity contribution in [2.24, 2.45) is 4.99 Å². The first-order chi connectivity index (χ1) is 17.2. The third kappa shape index (κ3) is 4.67. The lowest BCUT2D eigenvalue weighted by atomic mass is 10.1. The zero-order valence-corrected chi connectivity index (χ0v) is 21.0. The number of anilines is 1. The molecule has 184 valence electrons. The summed E-state index contributed by atoms with van der Waals surface area (Å²) in [5.74, 6) is 1.50. The van der Waals surface area contributed by atoms with E-state index in [1.165, 1.54) is 35.0 Å². The van der Waals surface area contributed by atoms with Crippen LogP contribution in [0.2, 0.25) is 4.34 Å². The van der Waals surface area contributed by atoms with Crippen molar-refractivity contribution in [3.8, 4) is 5.82 Å². The number of fused-ring (bicyclic) bond motifs is 1. The summed E-state index contributed by atoms with van der Waals surface area (Å²) >= 11 is 6.60. The van der Waals surface area contributed by atoms with Crippen molar-refractivity contribution in [2.45, 2.75) is 11.1 Å². The highest BCUT2D eigenvalue weighted by Crippen LogP contribution is 2.25. The van der Waals surface area contributed by atoms with Crippen LogP contribution in [0, 0.1) is 6.92 Å². The minimum Gasteiger partial charge on any atom is -0.368 e. The van der Waals surface area contributed by atoms with Crippen LogP contribution in [0.15, 0.2) is 62.7 Å². The molecule has 4 heterocycles. The Hall–Kier alpha value is -3.81. The standard InChI is InChI=1S/C22H18ClN7O4S2/c1-12-27-16-10-13(20-24-8-9-25-20)2-4-15(16)21(31)30(12)18-6-3-14(11-26-18)28-22(32)29-36(33,34)19-7-5-17(23)35-19/h2-7,10-11H,8-9H2,1H3,(H,24,25)(H2,28,29,32). The number of nitrogens with one attached hydrogen (secondary N) is 3. The minimum atomic E-state index is -4.06. The molecule has 0 fully saturated rings. The molecule has 0 saturated carbocycles. The Morgan fingerprint density at radius 2 is 2.03 bits per heavy atom. The third-order valence-electron chi connectivity index (χ3n) is 5.26. The summed E-state index contributed by atoms with van der Waals surface area (Å²) in [7, 11) is -4.06. The maximum atomic E-state index is 13.2. The van der Waals surface area contributed by atoms with Crippen LogP contribution >= 0.6 is 22.9 Å². The van der Waals surface area contributed by atoms with Crippen molar-refractivity contribution in [3.05, 3.63) is 74.7 Å². The van der Waals surface area contributed by atoms with E-state index in [2.05, 4.69) is 25.6 Å². The highest BCUT2D eigenvalue weighted by Gasteiger charge is 2.20. The number of hydrogen-bond donors (Lipinski definition) is 3. The summed E-state index contributed by atoms with van der Waals surface area (Å²) in [6.45, 7) is 3.18. The second kappa shape index (κ2) is 9.33. The van der Waals surface area contributed by atoms with Gasteiger partial charge in [-0.25, -0.2) is 32.5 Å². The zero-order chi connectivity index (χ0) is 25.4. The molecule has 0 radical (unpaired) electrons. The number of rotatable bonds is 5. The number of carbonyl (C=O) groups is 1. The topological polar surface area (TPSA) is 147 Å². The fraction of sp³-hybridized carbons (Fsp3) is 0.136. The lowest BCUT2D eigenvalue weighted by molar-refractivity contribution is 0.256. The maximum Gasteiger partial charge on any atom is 0.333 e. The number of hydrogen-bond acceptors (Lipinski definition) is 9. The lowest BCUT2D eigenvalue weighted by Crippen LogP contribution is -2.34. The van der Waals surface area contributed by atoms with Gasteiger partial charge in [0.15, 0.2) is 0 Å². The molecular formula is C22H18ClN7O4S2. The number of nitrogens with zero attached hydrogens (tertiary/aromatic N) is 4. The number of benzene rings is 1. The van der Waals surface area contributed by atoms with E-state index >= 15 is 0 Å². The molecule has 1 aliphatic heterocycles. The normalized spacial score (nSPS) is 13.3. The number of aryl methyl sites for hydroxylation is 1. The van der Waals surface area contributed by atoms with E-state index < -0.39 is 16.1 Å². The molecule has 3 N–H and O–H groups in total. The number of carbonyl (C=O) groups excluding carboxylic acids is 1. The number of thiophene rings is 1. The Bertz CT molecular complexity index is 1700. The van der Waals surface area contributed by atoms with Crippen molar-refractivity contribution in [3.63, 3.8) is 0 Å². The van der Waals surface area contributed by atoms with Crippen LogP contribution in [0.4, 0.5) is 10.5 Å². The number of aliphatic imine (C=N–C) groups is 1. The number of urea groups is 1. The van der Waals surface area contributed by atoms with Crippen molar-refractivity contribution in [1.82, 2.24) is 24.6 Å². The van der Waals surface area contributed by atoms with E-state index in [9.17, 15) is 18.0 Å². The monoisotopic (exact) mass is 543 g/mol. The summed E-state index contributed by atoms with van der Waals surface area (Å²) in [5, 5.41) is 6.03. The largest absolute Gasteiger partial charge is 0.368 e. The van der Waals surface area contributed by atoms with E-state index in [4.69, 9.17) is 11.6 Å². The van der Waals surface area contributed by atoms with Gasteiger partial charge in [0, 0.05) is 12.1 Å². The van der Waals surface area contributed by atoms with Gasteiger partial charge in [0.25, 0.3) is 15.6 Å². The lowest BCUT2D eigenvalue weighted by Gasteiger charge is -2.12. The van der Waals surface area contributed by atoms with Crippen molar-refractivity contribution in [1.29, 1.82) is 0 Å². The van der Waals surface area contributed by atoms with Crippen LogP contribution in [-0.2, 0) is 10.0 Å². The smallest absolute Gasteiger partial charge is 0.333 e. The molecule has 2 amide bonds. The number of amides is 2. The van der Waals surface area contributed by atoms with E-state index in [0.717, 1.165) is 29.3 Å². The van der Waals surface area contributed by atoms with Gasteiger partial charge in [0.1, 0.15) is 21.7 Å². The molecule has 0 bridgehead atoms. The molecule has 5 rings (SSSR count). The molecule has 1 aliphatic rings. The van der Waals surface area contributed by atoms with E-state index in [1.54, 1.807) is 13.0 Å². The molecule has 3 aromatic heterocycles. The van der Waals surface area contributed by atoms with Crippen LogP contribution in [0.3, 0.4) is 0 Å². The van der Waals surface area contributed by atoms with Crippen LogP contribution in [0.1, 0.15) is 11.4 Å². The van der Waals surface area contributed by atoms with Crippen molar-refractivity contribution < 1.29 is 13.2 Å². The van der Waals surface area contributed by atoms with Gasteiger partial charge in [-0.2, -0.15) is 0 Å². The summed E-state index contributed by atoms with van der Waals surface area (Å²) < 4.78 is 28.0. The molecule has 11 nitrogen and oxygen atoms in total. The van der Waals surface area contributed by atoms with Gasteiger partial charge in [-0.15, -0.1) is 11.3 Å². The molecule has 0 spiro atoms. The first kappa shape index (κ1) is 23.9. The summed E-state index contributed by atoms with van der Waals surface area (Å²) in [4.78, 5) is 38.7. The van der Waals surface area contributed by atoms with Gasteiger partial charge >= 0.3 is 6.03 Å². The van der Waals surface area contributed by atoms with Gasteiger partial charge in [0.2, 0.25) is 0 Å². The molecule has 36 heavy (non-hydrogen) atoms. The highest BCUT2D eigenvalue weighted by atomic mass is 35.5. The fourth-order valence-electron chi connectivity index (χ4n) is 3.67. The predicted molar refractivity (Wildman–Crippen MR) is 138 cm³/mol. The zero-order valence-electron chi connectivity index (χ0n) is 18.6. The first-order valence-electron chi connectivity index (χ1n) is 10.6. The molecule has 1 aromatic carbocycles. The Morgan fingerprint density at radius 3 is 2.69 bits per heavy atom. The Balaban J connectivity index is 1.36. The van der Waals surface area contributed by atoms with Crippen LogP contribution < -0.4 is 20.9 Å². The van der Waals surface area contributed by atoms with Crippen molar-refractivity contribution >= 4 is 61.4 Å². The Labute approximate surface area is 213 Å². The number of pyridine rings is 1. The molecule has 0 atom stereocenters. The van der Waals surface area contributed by atoms with E-state index in [1.807, 2.05) is 16.9 Å². The number of aromatic nitrogens is 3. The average molecular weight is 544 g/mol. The van der Waals surface area contributed by atoms with Crippen LogP contribution in [0.25, 0.3) is 16.7 Å². The summed E-state index contributed by atoms with van der Waals surface area (Å²) in [6.07, 6.45) is 1.31. The Morgan fingerprint density at radius 1 is 1.19 bits per heavy atom. The molecule has 0 unspecified atom stereocenters. The number of halogens is 1. The number of sulfonamides is 1. The van der Waals surface area contributed by atoms with E-state index in [0.29, 0.717) is 29.1 Å². The molecule has 0 saturated heterocycles. The quantitative estimate of drug-likeness (QED) is 0.350. The summed E-state index contributed by atoms with van der Waals surface area (Å²) in [6, 6.07) is 10.1. The van der Waals surface area contributed by atoms with Gasteiger partial charge in [0.05, 0.1) is 33.7 Å². The predicted octanol–water partition coefficient (Wildman–Crippen LogP) is 2.66. The molecule has 14 heteroatoms. The first-order valence-corrected chi connectivity index (χ1v) is 13.3. The minimum absolute atomic E-state index is 0.0885.